The summed E-state index contributed by atoms with van der Waals surface area (Å²) in [7, 11) is 0.175. The molecule has 11 nitrogen and oxygen atoms in total. The van der Waals surface area contributed by atoms with Gasteiger partial charge in [0.1, 0.15) is 10.5 Å². The van der Waals surface area contributed by atoms with Crippen molar-refractivity contribution in [3.05, 3.63) is 47.9 Å². The van der Waals surface area contributed by atoms with Crippen molar-refractivity contribution < 1.29 is 36.6 Å². The first-order valence-electron chi connectivity index (χ1n) is 10.8. The Kier molecular flexibility index (Phi) is 6.55. The summed E-state index contributed by atoms with van der Waals surface area (Å²) in [5, 5.41) is 4.32. The zero-order valence-corrected chi connectivity index (χ0v) is 21.1. The number of methoxy groups -OCH3 is 3. The summed E-state index contributed by atoms with van der Waals surface area (Å²) in [6, 6.07) is 7.77. The van der Waals surface area contributed by atoms with Gasteiger partial charge in [-0.3, -0.25) is 0 Å². The lowest BCUT2D eigenvalue weighted by molar-refractivity contribution is 0.0491. The van der Waals surface area contributed by atoms with E-state index in [-0.39, 0.29) is 34.0 Å². The van der Waals surface area contributed by atoms with Crippen LogP contribution in [0.2, 0.25) is 0 Å². The number of anilines is 1. The minimum atomic E-state index is -4.24. The third-order valence-corrected chi connectivity index (χ3v) is 7.17. The Balaban J connectivity index is 1.86. The fourth-order valence-electron chi connectivity index (χ4n) is 3.92. The first-order valence-corrected chi connectivity index (χ1v) is 12.2. The lowest BCUT2D eigenvalue weighted by Gasteiger charge is -2.13. The summed E-state index contributed by atoms with van der Waals surface area (Å²) in [5.74, 6) is 0.340. The van der Waals surface area contributed by atoms with Crippen LogP contribution in [0.1, 0.15) is 23.0 Å². The van der Waals surface area contributed by atoms with Gasteiger partial charge in [-0.2, -0.15) is 12.5 Å². The van der Waals surface area contributed by atoms with Gasteiger partial charge in [0.2, 0.25) is 11.5 Å². The summed E-state index contributed by atoms with van der Waals surface area (Å²) < 4.78 is 54.9. The maximum atomic E-state index is 13.7. The molecule has 190 valence electrons. The fourth-order valence-corrected chi connectivity index (χ4v) is 5.32. The van der Waals surface area contributed by atoms with Gasteiger partial charge in [0.05, 0.1) is 34.1 Å². The second-order valence-electron chi connectivity index (χ2n) is 7.63. The molecule has 4 aromatic rings. The zero-order chi connectivity index (χ0) is 26.2. The summed E-state index contributed by atoms with van der Waals surface area (Å²) in [6.07, 6.45) is 1.30. The van der Waals surface area contributed by atoms with Crippen molar-refractivity contribution in [1.82, 2.24) is 9.19 Å². The second-order valence-corrected chi connectivity index (χ2v) is 9.39. The number of aryl methyl sites for hydroxylation is 1. The number of furan rings is 1. The molecule has 2 N–H and O–H groups in total. The van der Waals surface area contributed by atoms with Crippen LogP contribution in [-0.4, -0.2) is 51.5 Å². The molecule has 0 aliphatic rings. The molecule has 36 heavy (non-hydrogen) atoms. The van der Waals surface area contributed by atoms with E-state index in [2.05, 4.69) is 5.10 Å². The molecule has 2 heterocycles. The number of esters is 1. The minimum absolute atomic E-state index is 0.0313. The maximum absolute atomic E-state index is 13.7. The van der Waals surface area contributed by atoms with Crippen LogP contribution < -0.4 is 19.9 Å². The number of hydrogen-bond donors (Lipinski definition) is 1. The molecule has 0 saturated heterocycles. The molecule has 12 heteroatoms. The van der Waals surface area contributed by atoms with Gasteiger partial charge < -0.3 is 29.1 Å². The number of rotatable bonds is 8. The Morgan fingerprint density at radius 3 is 2.36 bits per heavy atom. The normalized spacial score (nSPS) is 11.5. The number of aromatic nitrogens is 2. The van der Waals surface area contributed by atoms with E-state index in [9.17, 15) is 13.2 Å². The molecule has 0 spiro atoms. The van der Waals surface area contributed by atoms with Crippen LogP contribution >= 0.6 is 0 Å². The van der Waals surface area contributed by atoms with Crippen LogP contribution in [-0.2, 0) is 14.8 Å². The Morgan fingerprint density at radius 1 is 1.11 bits per heavy atom. The highest BCUT2D eigenvalue weighted by atomic mass is 32.2. The van der Waals surface area contributed by atoms with Crippen molar-refractivity contribution in [2.75, 3.05) is 33.7 Å². The molecule has 0 unspecified atom stereocenters. The monoisotopic (exact) mass is 515 g/mol. The highest BCUT2D eigenvalue weighted by Gasteiger charge is 2.28. The number of nitrogens with two attached hydrogens (primary N) is 1. The van der Waals surface area contributed by atoms with Crippen LogP contribution in [0.25, 0.3) is 22.1 Å². The first-order chi connectivity index (χ1) is 17.2. The largest absolute Gasteiger partial charge is 0.493 e. The Labute approximate surface area is 207 Å². The van der Waals surface area contributed by atoms with Crippen molar-refractivity contribution in [3.8, 4) is 28.4 Å². The highest BCUT2D eigenvalue weighted by molar-refractivity contribution is 7.90. The number of fused-ring (bicyclic) bond motifs is 1. The van der Waals surface area contributed by atoms with Crippen LogP contribution in [0.5, 0.6) is 17.2 Å². The fraction of sp³-hybridized carbons (Fsp3) is 0.250. The van der Waals surface area contributed by atoms with E-state index in [1.165, 1.54) is 39.7 Å². The molecule has 0 aliphatic carbocycles. The molecule has 0 amide bonds. The van der Waals surface area contributed by atoms with E-state index in [4.69, 9.17) is 29.1 Å². The molecule has 0 aliphatic heterocycles. The van der Waals surface area contributed by atoms with Crippen LogP contribution in [0, 0.1) is 6.92 Å². The summed E-state index contributed by atoms with van der Waals surface area (Å²) in [6.45, 7) is 3.41. The number of nitrogen functional groups attached to an aromatic ring is 1. The van der Waals surface area contributed by atoms with Gasteiger partial charge in [-0.25, -0.2) is 4.79 Å². The number of benzene rings is 2. The number of ether oxygens (including phenoxy) is 4. The van der Waals surface area contributed by atoms with E-state index in [0.717, 1.165) is 4.09 Å². The van der Waals surface area contributed by atoms with Crippen LogP contribution in [0.4, 0.5) is 5.82 Å². The average Bonchev–Trinajstić information content (AvgIpc) is 3.43. The van der Waals surface area contributed by atoms with Gasteiger partial charge in [-0.1, -0.05) is 6.07 Å². The minimum Gasteiger partial charge on any atom is -0.493 e. The van der Waals surface area contributed by atoms with Gasteiger partial charge in [-0.05, 0) is 43.7 Å². The molecule has 2 aromatic carbocycles. The molecule has 0 fully saturated rings. The van der Waals surface area contributed by atoms with E-state index >= 15 is 0 Å². The zero-order valence-electron chi connectivity index (χ0n) is 20.3. The molecular weight excluding hydrogens is 490 g/mol. The molecule has 0 bridgehead atoms. The lowest BCUT2D eigenvalue weighted by Crippen LogP contribution is -2.14. The molecule has 2 aromatic heterocycles. The van der Waals surface area contributed by atoms with Crippen LogP contribution in [0.15, 0.2) is 45.8 Å². The SMILES string of the molecule is CCOC(=O)c1oc2cccc(S(=O)(=O)n3cc(-c4cc(OC)c(OC)c(OC)c4)c(N)n3)c2c1C. The quantitative estimate of drug-likeness (QED) is 0.345. The van der Waals surface area contributed by atoms with Gasteiger partial charge in [-0.15, -0.1) is 5.10 Å². The summed E-state index contributed by atoms with van der Waals surface area (Å²) >= 11 is 0. The topological polar surface area (TPSA) is 145 Å². The van der Waals surface area contributed by atoms with E-state index in [0.29, 0.717) is 33.9 Å². The van der Waals surface area contributed by atoms with Gasteiger partial charge in [0.15, 0.2) is 17.3 Å². The first kappa shape index (κ1) is 24.9. The van der Waals surface area contributed by atoms with E-state index in [1.807, 2.05) is 0 Å². The third-order valence-electron chi connectivity index (χ3n) is 5.60. The van der Waals surface area contributed by atoms with E-state index in [1.54, 1.807) is 32.0 Å². The van der Waals surface area contributed by atoms with E-state index < -0.39 is 16.0 Å². The molecule has 4 rings (SSSR count). The summed E-state index contributed by atoms with van der Waals surface area (Å²) in [5.41, 5.74) is 7.54. The molecule has 0 saturated carbocycles. The van der Waals surface area contributed by atoms with Crippen molar-refractivity contribution in [2.24, 2.45) is 0 Å². The standard InChI is InChI=1S/C24H25N3O8S/c1-6-34-24(28)21-13(2)20-16(35-21)8-7-9-19(20)36(29,30)27-12-15(23(25)26-27)14-10-17(31-3)22(33-5)18(11-14)32-4/h7-12H,6H2,1-5H3,(H2,25,26). The van der Waals surface area contributed by atoms with Crippen molar-refractivity contribution >= 4 is 32.8 Å². The van der Waals surface area contributed by atoms with Crippen molar-refractivity contribution in [2.45, 2.75) is 18.7 Å². The molecular formula is C24H25N3O8S. The summed E-state index contributed by atoms with van der Waals surface area (Å²) in [4.78, 5) is 12.2. The number of carbonyl (C=O) groups excluding carboxylic acids is 1. The maximum Gasteiger partial charge on any atom is 0.374 e. The van der Waals surface area contributed by atoms with Gasteiger partial charge in [0.25, 0.3) is 10.0 Å². The lowest BCUT2D eigenvalue weighted by atomic mass is 10.1. The van der Waals surface area contributed by atoms with Crippen molar-refractivity contribution in [1.29, 1.82) is 0 Å². The number of nitrogens with zero attached hydrogens (tertiary/aromatic N) is 2. The van der Waals surface area contributed by atoms with Crippen molar-refractivity contribution in [3.63, 3.8) is 0 Å². The molecule has 0 atom stereocenters. The Bertz CT molecular complexity index is 1540. The predicted molar refractivity (Wildman–Crippen MR) is 131 cm³/mol. The van der Waals surface area contributed by atoms with Gasteiger partial charge in [0, 0.05) is 16.5 Å². The van der Waals surface area contributed by atoms with Gasteiger partial charge >= 0.3 is 5.97 Å². The smallest absolute Gasteiger partial charge is 0.374 e. The average molecular weight is 516 g/mol. The third kappa shape index (κ3) is 3.98. The van der Waals surface area contributed by atoms with Crippen LogP contribution in [0.3, 0.4) is 0 Å². The number of hydrogen-bond acceptors (Lipinski definition) is 10. The molecule has 0 radical (unpaired) electrons. The number of carbonyl (C=O) groups is 1. The Morgan fingerprint density at radius 2 is 1.78 bits per heavy atom. The highest BCUT2D eigenvalue weighted by Crippen LogP contribution is 2.42. The Hall–Kier alpha value is -4.19. The predicted octanol–water partition coefficient (Wildman–Crippen LogP) is 3.63. The second kappa shape index (κ2) is 9.46.